The minimum absolute atomic E-state index is 0.0531. The fraction of sp³-hybridized carbons (Fsp3) is 0.700. The van der Waals surface area contributed by atoms with Crippen LogP contribution < -0.4 is 5.73 Å². The van der Waals surface area contributed by atoms with E-state index in [0.717, 1.165) is 12.8 Å². The summed E-state index contributed by atoms with van der Waals surface area (Å²) >= 11 is 0. The molecule has 1 nitrogen and oxygen atoms in total. The lowest BCUT2D eigenvalue weighted by molar-refractivity contribution is 0.403. The summed E-state index contributed by atoms with van der Waals surface area (Å²) in [6.45, 7) is 4.48. The van der Waals surface area contributed by atoms with Gasteiger partial charge in [0.15, 0.2) is 0 Å². The van der Waals surface area contributed by atoms with Gasteiger partial charge in [-0.15, -0.1) is 0 Å². The molecule has 0 amide bonds. The van der Waals surface area contributed by atoms with E-state index >= 15 is 0 Å². The standard InChI is InChI=1S/C20H35N/c1-3-4-5-6-7-8-9-10-14-17-20(2,21)18-19-15-12-11-13-16-19/h11-13,15-16H,3-10,14,17-18,21H2,1-2H3. The van der Waals surface area contributed by atoms with E-state index in [4.69, 9.17) is 5.73 Å². The SMILES string of the molecule is CCCCCCCCCCCC(C)(N)Cc1ccccc1. The van der Waals surface area contributed by atoms with Crippen molar-refractivity contribution in [2.24, 2.45) is 5.73 Å². The third kappa shape index (κ3) is 9.68. The number of rotatable bonds is 12. The van der Waals surface area contributed by atoms with Crippen molar-refractivity contribution in [3.63, 3.8) is 0 Å². The van der Waals surface area contributed by atoms with E-state index in [2.05, 4.69) is 44.2 Å². The summed E-state index contributed by atoms with van der Waals surface area (Å²) in [5.41, 5.74) is 7.75. The van der Waals surface area contributed by atoms with Crippen LogP contribution in [0.5, 0.6) is 0 Å². The summed E-state index contributed by atoms with van der Waals surface area (Å²) < 4.78 is 0. The van der Waals surface area contributed by atoms with Crippen molar-refractivity contribution in [2.75, 3.05) is 0 Å². The molecular weight excluding hydrogens is 254 g/mol. The second-order valence-electron chi connectivity index (χ2n) is 6.89. The lowest BCUT2D eigenvalue weighted by atomic mass is 9.88. The molecule has 0 aliphatic rings. The monoisotopic (exact) mass is 289 g/mol. The molecule has 0 spiro atoms. The molecule has 0 saturated heterocycles. The molecule has 2 N–H and O–H groups in total. The molecule has 0 saturated carbocycles. The first kappa shape index (κ1) is 18.2. The predicted octanol–water partition coefficient (Wildman–Crippen LogP) is 5.87. The van der Waals surface area contributed by atoms with Crippen molar-refractivity contribution in [1.29, 1.82) is 0 Å². The Morgan fingerprint density at radius 3 is 1.90 bits per heavy atom. The molecule has 1 aromatic carbocycles. The molecule has 1 atom stereocenters. The van der Waals surface area contributed by atoms with Gasteiger partial charge >= 0.3 is 0 Å². The third-order valence-corrected chi connectivity index (χ3v) is 4.30. The Morgan fingerprint density at radius 1 is 0.810 bits per heavy atom. The average Bonchev–Trinajstić information content (AvgIpc) is 2.46. The Morgan fingerprint density at radius 2 is 1.33 bits per heavy atom. The first-order valence-corrected chi connectivity index (χ1v) is 8.97. The fourth-order valence-corrected chi connectivity index (χ4v) is 2.99. The number of unbranched alkanes of at least 4 members (excludes halogenated alkanes) is 8. The molecule has 0 radical (unpaired) electrons. The second kappa shape index (κ2) is 10.8. The molecule has 1 aromatic rings. The Labute approximate surface area is 132 Å². The van der Waals surface area contributed by atoms with Crippen LogP contribution in [0.1, 0.15) is 83.6 Å². The third-order valence-electron chi connectivity index (χ3n) is 4.30. The van der Waals surface area contributed by atoms with Crippen LogP contribution in [0.2, 0.25) is 0 Å². The molecule has 1 heteroatoms. The van der Waals surface area contributed by atoms with Crippen LogP contribution in [0.3, 0.4) is 0 Å². The molecule has 120 valence electrons. The van der Waals surface area contributed by atoms with Crippen LogP contribution >= 0.6 is 0 Å². The fourth-order valence-electron chi connectivity index (χ4n) is 2.99. The maximum atomic E-state index is 6.44. The van der Waals surface area contributed by atoms with E-state index in [9.17, 15) is 0 Å². The highest BCUT2D eigenvalue weighted by Crippen LogP contribution is 2.19. The van der Waals surface area contributed by atoms with Gasteiger partial charge in [0.25, 0.3) is 0 Å². The number of benzene rings is 1. The van der Waals surface area contributed by atoms with Gasteiger partial charge in [-0.05, 0) is 25.3 Å². The van der Waals surface area contributed by atoms with Gasteiger partial charge in [-0.2, -0.15) is 0 Å². The summed E-state index contributed by atoms with van der Waals surface area (Å²) in [5.74, 6) is 0. The average molecular weight is 290 g/mol. The molecule has 0 aliphatic heterocycles. The molecule has 0 fully saturated rings. The number of hydrogen-bond donors (Lipinski definition) is 1. The van der Waals surface area contributed by atoms with Gasteiger partial charge in [0.1, 0.15) is 0 Å². The van der Waals surface area contributed by atoms with E-state index in [-0.39, 0.29) is 5.54 Å². The van der Waals surface area contributed by atoms with Crippen LogP contribution in [0.4, 0.5) is 0 Å². The van der Waals surface area contributed by atoms with E-state index in [0.29, 0.717) is 0 Å². The Kier molecular flexibility index (Phi) is 9.41. The highest BCUT2D eigenvalue weighted by atomic mass is 14.7. The molecular formula is C20H35N. The Balaban J connectivity index is 2.03. The van der Waals surface area contributed by atoms with E-state index in [1.807, 2.05) is 0 Å². The number of hydrogen-bond acceptors (Lipinski definition) is 1. The molecule has 21 heavy (non-hydrogen) atoms. The second-order valence-corrected chi connectivity index (χ2v) is 6.89. The van der Waals surface area contributed by atoms with Crippen LogP contribution in [-0.4, -0.2) is 5.54 Å². The molecule has 1 unspecified atom stereocenters. The first-order valence-electron chi connectivity index (χ1n) is 8.97. The Bertz CT molecular complexity index is 342. The lowest BCUT2D eigenvalue weighted by Crippen LogP contribution is -2.38. The molecule has 0 aliphatic carbocycles. The van der Waals surface area contributed by atoms with Gasteiger partial charge in [-0.25, -0.2) is 0 Å². The van der Waals surface area contributed by atoms with Crippen molar-refractivity contribution in [1.82, 2.24) is 0 Å². The van der Waals surface area contributed by atoms with Crippen molar-refractivity contribution in [3.05, 3.63) is 35.9 Å². The van der Waals surface area contributed by atoms with Crippen LogP contribution in [0.15, 0.2) is 30.3 Å². The summed E-state index contributed by atoms with van der Waals surface area (Å²) in [6, 6.07) is 10.6. The van der Waals surface area contributed by atoms with Gasteiger partial charge in [0.2, 0.25) is 0 Å². The minimum Gasteiger partial charge on any atom is -0.325 e. The van der Waals surface area contributed by atoms with Crippen LogP contribution in [0.25, 0.3) is 0 Å². The normalized spacial score (nSPS) is 14.0. The quantitative estimate of drug-likeness (QED) is 0.479. The maximum Gasteiger partial charge on any atom is 0.0166 e. The first-order chi connectivity index (χ1) is 10.1. The lowest BCUT2D eigenvalue weighted by Gasteiger charge is -2.24. The maximum absolute atomic E-state index is 6.44. The van der Waals surface area contributed by atoms with E-state index < -0.39 is 0 Å². The summed E-state index contributed by atoms with van der Waals surface area (Å²) in [7, 11) is 0. The van der Waals surface area contributed by atoms with Gasteiger partial charge in [-0.1, -0.05) is 95.0 Å². The summed E-state index contributed by atoms with van der Waals surface area (Å²) in [6.07, 6.45) is 14.6. The van der Waals surface area contributed by atoms with Gasteiger partial charge < -0.3 is 5.73 Å². The summed E-state index contributed by atoms with van der Waals surface area (Å²) in [5, 5.41) is 0. The van der Waals surface area contributed by atoms with Gasteiger partial charge in [0, 0.05) is 5.54 Å². The zero-order valence-electron chi connectivity index (χ0n) is 14.2. The van der Waals surface area contributed by atoms with Crippen molar-refractivity contribution in [2.45, 2.75) is 90.0 Å². The highest BCUT2D eigenvalue weighted by molar-refractivity contribution is 5.17. The van der Waals surface area contributed by atoms with Gasteiger partial charge in [-0.3, -0.25) is 0 Å². The molecule has 0 heterocycles. The molecule has 1 rings (SSSR count). The smallest absolute Gasteiger partial charge is 0.0166 e. The van der Waals surface area contributed by atoms with E-state index in [1.165, 1.54) is 63.4 Å². The zero-order valence-corrected chi connectivity index (χ0v) is 14.2. The largest absolute Gasteiger partial charge is 0.325 e. The van der Waals surface area contributed by atoms with Crippen molar-refractivity contribution in [3.8, 4) is 0 Å². The van der Waals surface area contributed by atoms with Crippen LogP contribution in [-0.2, 0) is 6.42 Å². The highest BCUT2D eigenvalue weighted by Gasteiger charge is 2.18. The van der Waals surface area contributed by atoms with Crippen molar-refractivity contribution >= 4 is 0 Å². The van der Waals surface area contributed by atoms with Crippen LogP contribution in [0, 0.1) is 0 Å². The molecule has 0 aromatic heterocycles. The minimum atomic E-state index is -0.0531. The topological polar surface area (TPSA) is 26.0 Å². The Hall–Kier alpha value is -0.820. The summed E-state index contributed by atoms with van der Waals surface area (Å²) in [4.78, 5) is 0. The van der Waals surface area contributed by atoms with Gasteiger partial charge in [0.05, 0.1) is 0 Å². The van der Waals surface area contributed by atoms with E-state index in [1.54, 1.807) is 0 Å². The predicted molar refractivity (Wildman–Crippen MR) is 94.6 cm³/mol. The number of nitrogens with two attached hydrogens (primary N) is 1. The molecule has 0 bridgehead atoms. The van der Waals surface area contributed by atoms with Crippen molar-refractivity contribution < 1.29 is 0 Å². The zero-order chi connectivity index (χ0) is 15.4.